The van der Waals surface area contributed by atoms with E-state index in [1.54, 1.807) is 7.11 Å². The number of benzene rings is 1. The minimum atomic E-state index is 0.182. The number of likely N-dealkylation sites (N-methyl/N-ethyl adjacent to an activating group) is 1. The molecule has 0 aliphatic rings. The van der Waals surface area contributed by atoms with Gasteiger partial charge in [0.05, 0.1) is 7.11 Å². The van der Waals surface area contributed by atoms with Crippen LogP contribution in [0.15, 0.2) is 18.2 Å². The molecule has 0 radical (unpaired) electrons. The lowest BCUT2D eigenvalue weighted by atomic mass is 10.2. The molecule has 0 saturated heterocycles. The van der Waals surface area contributed by atoms with E-state index in [1.807, 2.05) is 32.2 Å². The van der Waals surface area contributed by atoms with E-state index in [4.69, 9.17) is 9.47 Å². The third kappa shape index (κ3) is 3.42. The van der Waals surface area contributed by atoms with E-state index < -0.39 is 0 Å². The summed E-state index contributed by atoms with van der Waals surface area (Å²) in [6, 6.07) is 5.98. The van der Waals surface area contributed by atoms with Crippen molar-refractivity contribution in [2.45, 2.75) is 26.4 Å². The summed E-state index contributed by atoms with van der Waals surface area (Å²) in [5.41, 5.74) is 1.17. The van der Waals surface area contributed by atoms with Crippen molar-refractivity contribution in [3.8, 4) is 11.5 Å². The molecule has 0 saturated carbocycles. The monoisotopic (exact) mass is 223 g/mol. The summed E-state index contributed by atoms with van der Waals surface area (Å²) in [7, 11) is 3.60. The average molecular weight is 223 g/mol. The second kappa shape index (κ2) is 6.38. The van der Waals surface area contributed by atoms with Crippen LogP contribution in [0.1, 0.15) is 18.9 Å². The van der Waals surface area contributed by atoms with Gasteiger partial charge in [-0.1, -0.05) is 13.0 Å². The fourth-order valence-electron chi connectivity index (χ4n) is 1.55. The van der Waals surface area contributed by atoms with Gasteiger partial charge in [0.15, 0.2) is 11.5 Å². The van der Waals surface area contributed by atoms with Gasteiger partial charge >= 0.3 is 0 Å². The van der Waals surface area contributed by atoms with Crippen molar-refractivity contribution in [2.24, 2.45) is 0 Å². The Morgan fingerprint density at radius 2 is 2.06 bits per heavy atom. The van der Waals surface area contributed by atoms with Crippen molar-refractivity contribution >= 4 is 0 Å². The van der Waals surface area contributed by atoms with Crippen LogP contribution in [-0.2, 0) is 0 Å². The number of aryl methyl sites for hydroxylation is 1. The van der Waals surface area contributed by atoms with Crippen LogP contribution in [0.5, 0.6) is 11.5 Å². The van der Waals surface area contributed by atoms with Gasteiger partial charge in [-0.3, -0.25) is 0 Å². The lowest BCUT2D eigenvalue weighted by Gasteiger charge is -2.19. The lowest BCUT2D eigenvalue weighted by molar-refractivity contribution is 0.188. The second-order valence-electron chi connectivity index (χ2n) is 3.86. The van der Waals surface area contributed by atoms with Gasteiger partial charge < -0.3 is 14.8 Å². The first-order chi connectivity index (χ1) is 7.71. The molecule has 0 aliphatic heterocycles. The second-order valence-corrected chi connectivity index (χ2v) is 3.86. The van der Waals surface area contributed by atoms with E-state index in [1.165, 1.54) is 5.56 Å². The average Bonchev–Trinajstić information content (AvgIpc) is 2.30. The Hall–Kier alpha value is -1.22. The number of rotatable bonds is 6. The molecule has 1 aromatic rings. The van der Waals surface area contributed by atoms with Crippen molar-refractivity contribution in [3.05, 3.63) is 23.8 Å². The first kappa shape index (κ1) is 12.8. The molecule has 0 heterocycles. The Kier molecular flexibility index (Phi) is 5.12. The smallest absolute Gasteiger partial charge is 0.161 e. The zero-order valence-corrected chi connectivity index (χ0v) is 10.5. The minimum absolute atomic E-state index is 0.182. The van der Waals surface area contributed by atoms with Gasteiger partial charge in [-0.2, -0.15) is 0 Å². The van der Waals surface area contributed by atoms with E-state index in [0.29, 0.717) is 0 Å². The molecule has 0 amide bonds. The van der Waals surface area contributed by atoms with Crippen molar-refractivity contribution in [3.63, 3.8) is 0 Å². The molecule has 1 N–H and O–H groups in total. The Balaban J connectivity index is 2.78. The number of methoxy groups -OCH3 is 1. The summed E-state index contributed by atoms with van der Waals surface area (Å²) in [5, 5.41) is 3.12. The number of hydrogen-bond acceptors (Lipinski definition) is 3. The van der Waals surface area contributed by atoms with Crippen LogP contribution in [0.25, 0.3) is 0 Å². The summed E-state index contributed by atoms with van der Waals surface area (Å²) >= 11 is 0. The van der Waals surface area contributed by atoms with Crippen LogP contribution in [0, 0.1) is 6.92 Å². The molecule has 0 fully saturated rings. The summed E-state index contributed by atoms with van der Waals surface area (Å²) in [5.74, 6) is 1.62. The molecule has 1 unspecified atom stereocenters. The van der Waals surface area contributed by atoms with Gasteiger partial charge in [0.25, 0.3) is 0 Å². The molecular formula is C13H21NO2. The van der Waals surface area contributed by atoms with E-state index in [-0.39, 0.29) is 6.10 Å². The maximum Gasteiger partial charge on any atom is 0.161 e. The normalized spacial score (nSPS) is 12.2. The van der Waals surface area contributed by atoms with Crippen molar-refractivity contribution in [1.29, 1.82) is 0 Å². The third-order valence-electron chi connectivity index (χ3n) is 2.50. The molecule has 3 nitrogen and oxygen atoms in total. The highest BCUT2D eigenvalue weighted by atomic mass is 16.5. The molecule has 3 heteroatoms. The van der Waals surface area contributed by atoms with E-state index in [2.05, 4.69) is 12.2 Å². The first-order valence-electron chi connectivity index (χ1n) is 5.67. The molecule has 0 aromatic heterocycles. The van der Waals surface area contributed by atoms with Crippen LogP contribution in [0.3, 0.4) is 0 Å². The van der Waals surface area contributed by atoms with Crippen LogP contribution in [0.4, 0.5) is 0 Å². The first-order valence-corrected chi connectivity index (χ1v) is 5.67. The topological polar surface area (TPSA) is 30.5 Å². The highest BCUT2D eigenvalue weighted by Crippen LogP contribution is 2.28. The zero-order chi connectivity index (χ0) is 12.0. The largest absolute Gasteiger partial charge is 0.493 e. The molecule has 1 atom stereocenters. The summed E-state index contributed by atoms with van der Waals surface area (Å²) in [6.45, 7) is 4.99. The van der Waals surface area contributed by atoms with E-state index in [0.717, 1.165) is 24.5 Å². The molecule has 90 valence electrons. The fraction of sp³-hybridized carbons (Fsp3) is 0.538. The molecule has 16 heavy (non-hydrogen) atoms. The summed E-state index contributed by atoms with van der Waals surface area (Å²) < 4.78 is 11.2. The number of ether oxygens (including phenoxy) is 2. The molecule has 0 spiro atoms. The maximum absolute atomic E-state index is 5.89. The SMILES string of the molecule is CCC(CNC)Oc1ccc(C)cc1OC. The number of nitrogens with one attached hydrogen (secondary N) is 1. The van der Waals surface area contributed by atoms with Gasteiger partial charge in [-0.25, -0.2) is 0 Å². The van der Waals surface area contributed by atoms with Crippen molar-refractivity contribution in [1.82, 2.24) is 5.32 Å². The Labute approximate surface area is 97.8 Å². The standard InChI is InChI=1S/C13H21NO2/c1-5-11(9-14-3)16-12-7-6-10(2)8-13(12)15-4/h6-8,11,14H,5,9H2,1-4H3. The summed E-state index contributed by atoms with van der Waals surface area (Å²) in [4.78, 5) is 0. The Bertz CT molecular complexity index is 326. The zero-order valence-electron chi connectivity index (χ0n) is 10.5. The summed E-state index contributed by atoms with van der Waals surface area (Å²) in [6.07, 6.45) is 1.15. The minimum Gasteiger partial charge on any atom is -0.493 e. The van der Waals surface area contributed by atoms with Crippen LogP contribution < -0.4 is 14.8 Å². The number of hydrogen-bond donors (Lipinski definition) is 1. The molecule has 1 aromatic carbocycles. The molecule has 0 aliphatic carbocycles. The lowest BCUT2D eigenvalue weighted by Crippen LogP contribution is -2.28. The molecule has 0 bridgehead atoms. The quantitative estimate of drug-likeness (QED) is 0.803. The van der Waals surface area contributed by atoms with Gasteiger partial charge in [0.1, 0.15) is 6.10 Å². The van der Waals surface area contributed by atoms with E-state index in [9.17, 15) is 0 Å². The highest BCUT2D eigenvalue weighted by molar-refractivity contribution is 5.42. The Morgan fingerprint density at radius 3 is 2.62 bits per heavy atom. The third-order valence-corrected chi connectivity index (χ3v) is 2.50. The fourth-order valence-corrected chi connectivity index (χ4v) is 1.55. The maximum atomic E-state index is 5.89. The molecular weight excluding hydrogens is 202 g/mol. The van der Waals surface area contributed by atoms with Gasteiger partial charge in [-0.15, -0.1) is 0 Å². The van der Waals surface area contributed by atoms with Crippen LogP contribution >= 0.6 is 0 Å². The van der Waals surface area contributed by atoms with Gasteiger partial charge in [0.2, 0.25) is 0 Å². The van der Waals surface area contributed by atoms with Crippen molar-refractivity contribution in [2.75, 3.05) is 20.7 Å². The van der Waals surface area contributed by atoms with Gasteiger partial charge in [0, 0.05) is 6.54 Å². The van der Waals surface area contributed by atoms with Crippen LogP contribution in [-0.4, -0.2) is 26.8 Å². The Morgan fingerprint density at radius 1 is 1.31 bits per heavy atom. The predicted octanol–water partition coefficient (Wildman–Crippen LogP) is 2.38. The van der Waals surface area contributed by atoms with Gasteiger partial charge in [-0.05, 0) is 38.1 Å². The van der Waals surface area contributed by atoms with E-state index >= 15 is 0 Å². The van der Waals surface area contributed by atoms with Crippen LogP contribution in [0.2, 0.25) is 0 Å². The predicted molar refractivity (Wildman–Crippen MR) is 66.4 cm³/mol. The molecule has 1 rings (SSSR count). The van der Waals surface area contributed by atoms with Crippen molar-refractivity contribution < 1.29 is 9.47 Å². The highest BCUT2D eigenvalue weighted by Gasteiger charge is 2.10.